The highest BCUT2D eigenvalue weighted by atomic mass is 79.9. The molecule has 2 aliphatic rings. The molecule has 4 nitrogen and oxygen atoms in total. The van der Waals surface area contributed by atoms with Crippen molar-refractivity contribution in [1.82, 2.24) is 0 Å². The van der Waals surface area contributed by atoms with E-state index >= 15 is 0 Å². The smallest absolute Gasteiger partial charge is 0.434 e. The van der Waals surface area contributed by atoms with Gasteiger partial charge in [0, 0.05) is 34.7 Å². The zero-order valence-corrected chi connectivity index (χ0v) is 16.9. The molecule has 0 spiro atoms. The summed E-state index contributed by atoms with van der Waals surface area (Å²) in [6.07, 6.45) is 0.643. The number of halogens is 2. The fraction of sp³-hybridized carbons (Fsp3) is 0.556. The van der Waals surface area contributed by atoms with E-state index in [2.05, 4.69) is 20.9 Å². The van der Waals surface area contributed by atoms with Gasteiger partial charge < -0.3 is 9.47 Å². The Morgan fingerprint density at radius 1 is 1.48 bits per heavy atom. The summed E-state index contributed by atoms with van der Waals surface area (Å²) in [5.41, 5.74) is -0.831. The van der Waals surface area contributed by atoms with Gasteiger partial charge in [-0.15, -0.1) is 11.8 Å². The molecule has 2 atom stereocenters. The standard InChI is InChI=1S/C18H21BrFNO3S/c1-17(2,3)24-16(22)21-15-9-18(11(10-25-15)6-7-23-18)13-8-12(19)4-5-14(13)20/h4-5,8,11H,6-7,9-10H2,1-3H3/t11-,18+/m0/s1. The Morgan fingerprint density at radius 3 is 2.96 bits per heavy atom. The average Bonchev–Trinajstić information content (AvgIpc) is 2.91. The van der Waals surface area contributed by atoms with Gasteiger partial charge in [0.2, 0.25) is 0 Å². The number of benzene rings is 1. The molecule has 2 aliphatic heterocycles. The lowest BCUT2D eigenvalue weighted by atomic mass is 9.79. The summed E-state index contributed by atoms with van der Waals surface area (Å²) in [4.78, 5) is 16.1. The molecule has 1 aromatic carbocycles. The number of carbonyl (C=O) groups excluding carboxylic acids is 1. The zero-order valence-electron chi connectivity index (χ0n) is 14.5. The summed E-state index contributed by atoms with van der Waals surface area (Å²) in [5.74, 6) is 0.644. The van der Waals surface area contributed by atoms with E-state index in [1.54, 1.807) is 32.9 Å². The SMILES string of the molecule is CC(C)(C)OC(=O)N=C1C[C@@]2(c3cc(Br)ccc3F)OCC[C@H]2CS1. The van der Waals surface area contributed by atoms with E-state index in [4.69, 9.17) is 9.47 Å². The molecule has 0 unspecified atom stereocenters. The number of carbonyl (C=O) groups is 1. The molecule has 1 amide bonds. The second-order valence-corrected chi connectivity index (χ2v) is 9.33. The second-order valence-electron chi connectivity index (χ2n) is 7.32. The van der Waals surface area contributed by atoms with Gasteiger partial charge in [-0.25, -0.2) is 9.18 Å². The lowest BCUT2D eigenvalue weighted by molar-refractivity contribution is -0.0189. The molecule has 0 bridgehead atoms. The van der Waals surface area contributed by atoms with Crippen LogP contribution in [0.15, 0.2) is 27.7 Å². The minimum absolute atomic E-state index is 0.193. The molecule has 2 heterocycles. The normalized spacial score (nSPS) is 28.0. The Hall–Kier alpha value is -0.920. The van der Waals surface area contributed by atoms with Gasteiger partial charge in [0.1, 0.15) is 17.0 Å². The quantitative estimate of drug-likeness (QED) is 0.608. The van der Waals surface area contributed by atoms with Crippen LogP contribution < -0.4 is 0 Å². The number of thioether (sulfide) groups is 1. The molecule has 25 heavy (non-hydrogen) atoms. The number of amides is 1. The van der Waals surface area contributed by atoms with Crippen molar-refractivity contribution in [3.63, 3.8) is 0 Å². The van der Waals surface area contributed by atoms with Gasteiger partial charge in [-0.3, -0.25) is 0 Å². The Bertz CT molecular complexity index is 719. The van der Waals surface area contributed by atoms with E-state index in [9.17, 15) is 9.18 Å². The summed E-state index contributed by atoms with van der Waals surface area (Å²) in [6, 6.07) is 4.89. The van der Waals surface area contributed by atoms with Crippen molar-refractivity contribution in [3.05, 3.63) is 34.1 Å². The average molecular weight is 430 g/mol. The van der Waals surface area contributed by atoms with Crippen LogP contribution in [0.2, 0.25) is 0 Å². The Labute approximate surface area is 159 Å². The molecule has 7 heteroatoms. The monoisotopic (exact) mass is 429 g/mol. The van der Waals surface area contributed by atoms with E-state index in [1.165, 1.54) is 17.8 Å². The third-order valence-electron chi connectivity index (χ3n) is 4.34. The lowest BCUT2D eigenvalue weighted by Crippen LogP contribution is -2.40. The first-order chi connectivity index (χ1) is 11.7. The number of aliphatic imine (C=N–C) groups is 1. The molecule has 2 fully saturated rings. The van der Waals surface area contributed by atoms with Crippen molar-refractivity contribution in [3.8, 4) is 0 Å². The molecule has 0 radical (unpaired) electrons. The third kappa shape index (κ3) is 4.09. The second kappa shape index (κ2) is 7.00. The van der Waals surface area contributed by atoms with Crippen LogP contribution in [0.5, 0.6) is 0 Å². The third-order valence-corrected chi connectivity index (χ3v) is 5.98. The van der Waals surface area contributed by atoms with Crippen LogP contribution >= 0.6 is 27.7 Å². The Morgan fingerprint density at radius 2 is 2.24 bits per heavy atom. The van der Waals surface area contributed by atoms with Gasteiger partial charge in [0.05, 0.1) is 5.04 Å². The van der Waals surface area contributed by atoms with Crippen molar-refractivity contribution in [2.45, 2.75) is 44.8 Å². The van der Waals surface area contributed by atoms with Crippen LogP contribution in [0.1, 0.15) is 39.2 Å². The minimum atomic E-state index is -0.764. The minimum Gasteiger partial charge on any atom is -0.442 e. The number of ether oxygens (including phenoxy) is 2. The first-order valence-electron chi connectivity index (χ1n) is 8.22. The van der Waals surface area contributed by atoms with Crippen molar-refractivity contribution < 1.29 is 18.7 Å². The summed E-state index contributed by atoms with van der Waals surface area (Å²) in [6.45, 7) is 5.98. The predicted octanol–water partition coefficient (Wildman–Crippen LogP) is 5.29. The van der Waals surface area contributed by atoms with E-state index < -0.39 is 17.3 Å². The number of rotatable bonds is 1. The largest absolute Gasteiger partial charge is 0.442 e. The van der Waals surface area contributed by atoms with Gasteiger partial charge in [-0.05, 0) is 45.4 Å². The molecule has 3 rings (SSSR count). The predicted molar refractivity (Wildman–Crippen MR) is 101 cm³/mol. The molecule has 1 aromatic rings. The lowest BCUT2D eigenvalue weighted by Gasteiger charge is -2.39. The number of hydrogen-bond donors (Lipinski definition) is 0. The van der Waals surface area contributed by atoms with Crippen LogP contribution in [-0.4, -0.2) is 29.1 Å². The van der Waals surface area contributed by atoms with Crippen LogP contribution in [0.25, 0.3) is 0 Å². The number of hydrogen-bond acceptors (Lipinski definition) is 4. The van der Waals surface area contributed by atoms with Crippen LogP contribution in [0.4, 0.5) is 9.18 Å². The molecule has 136 valence electrons. The van der Waals surface area contributed by atoms with Gasteiger partial charge in [-0.1, -0.05) is 15.9 Å². The first kappa shape index (κ1) is 18.9. The van der Waals surface area contributed by atoms with E-state index in [-0.39, 0.29) is 11.7 Å². The zero-order chi connectivity index (χ0) is 18.2. The van der Waals surface area contributed by atoms with Crippen LogP contribution in [0, 0.1) is 11.7 Å². The Kier molecular flexibility index (Phi) is 5.28. The fourth-order valence-electron chi connectivity index (χ4n) is 3.29. The van der Waals surface area contributed by atoms with Crippen molar-refractivity contribution in [2.24, 2.45) is 10.9 Å². The van der Waals surface area contributed by atoms with Crippen molar-refractivity contribution in [1.29, 1.82) is 0 Å². The molecule has 0 aromatic heterocycles. The van der Waals surface area contributed by atoms with Crippen molar-refractivity contribution >= 4 is 38.8 Å². The van der Waals surface area contributed by atoms with Gasteiger partial charge in [0.15, 0.2) is 0 Å². The highest BCUT2D eigenvalue weighted by molar-refractivity contribution is 9.10. The molecule has 0 saturated carbocycles. The maximum absolute atomic E-state index is 14.6. The summed E-state index contributed by atoms with van der Waals surface area (Å²) in [7, 11) is 0. The maximum Gasteiger partial charge on any atom is 0.434 e. The summed E-state index contributed by atoms with van der Waals surface area (Å²) < 4.78 is 26.7. The number of nitrogens with zero attached hydrogens (tertiary/aromatic N) is 1. The van der Waals surface area contributed by atoms with E-state index in [0.717, 1.165) is 16.6 Å². The molecular formula is C18H21BrFNO3S. The Balaban J connectivity index is 1.92. The van der Waals surface area contributed by atoms with E-state index in [0.29, 0.717) is 23.6 Å². The molecule has 0 N–H and O–H groups in total. The topological polar surface area (TPSA) is 47.9 Å². The molecule has 0 aliphatic carbocycles. The molecule has 2 saturated heterocycles. The number of fused-ring (bicyclic) bond motifs is 1. The first-order valence-corrected chi connectivity index (χ1v) is 10.0. The van der Waals surface area contributed by atoms with Crippen molar-refractivity contribution in [2.75, 3.05) is 12.4 Å². The highest BCUT2D eigenvalue weighted by Crippen LogP contribution is 2.51. The van der Waals surface area contributed by atoms with Gasteiger partial charge >= 0.3 is 6.09 Å². The van der Waals surface area contributed by atoms with Crippen LogP contribution in [0.3, 0.4) is 0 Å². The summed E-state index contributed by atoms with van der Waals surface area (Å²) >= 11 is 4.95. The van der Waals surface area contributed by atoms with E-state index in [1.807, 2.05) is 0 Å². The fourth-order valence-corrected chi connectivity index (χ4v) is 4.94. The van der Waals surface area contributed by atoms with Gasteiger partial charge in [-0.2, -0.15) is 4.99 Å². The summed E-state index contributed by atoms with van der Waals surface area (Å²) in [5, 5.41) is 0.631. The van der Waals surface area contributed by atoms with Crippen LogP contribution in [-0.2, 0) is 15.1 Å². The maximum atomic E-state index is 14.6. The highest BCUT2D eigenvalue weighted by Gasteiger charge is 2.50. The van der Waals surface area contributed by atoms with Gasteiger partial charge in [0.25, 0.3) is 0 Å². The molecular weight excluding hydrogens is 409 g/mol.